The minimum absolute atomic E-state index is 0.327. The number of hydrogen-bond donors (Lipinski definition) is 1. The van der Waals surface area contributed by atoms with Gasteiger partial charge in [-0.3, -0.25) is 4.90 Å². The summed E-state index contributed by atoms with van der Waals surface area (Å²) in [6.45, 7) is 6.87. The highest BCUT2D eigenvalue weighted by atomic mass is 79.9. The van der Waals surface area contributed by atoms with Crippen LogP contribution in [0.3, 0.4) is 0 Å². The van der Waals surface area contributed by atoms with Gasteiger partial charge in [0.15, 0.2) is 11.5 Å². The van der Waals surface area contributed by atoms with Gasteiger partial charge in [0, 0.05) is 36.7 Å². The first-order chi connectivity index (χ1) is 8.75. The summed E-state index contributed by atoms with van der Waals surface area (Å²) in [5.74, 6) is 1.69. The van der Waals surface area contributed by atoms with Gasteiger partial charge in [-0.2, -0.15) is 0 Å². The van der Waals surface area contributed by atoms with E-state index in [1.165, 1.54) is 5.56 Å². The molecule has 1 aromatic rings. The van der Waals surface area contributed by atoms with Gasteiger partial charge >= 0.3 is 0 Å². The monoisotopic (exact) mass is 312 g/mol. The van der Waals surface area contributed by atoms with Crippen molar-refractivity contribution in [3.63, 3.8) is 0 Å². The van der Waals surface area contributed by atoms with Crippen molar-refractivity contribution in [1.82, 2.24) is 10.2 Å². The minimum Gasteiger partial charge on any atom is -0.454 e. The van der Waals surface area contributed by atoms with E-state index in [0.29, 0.717) is 12.8 Å². The van der Waals surface area contributed by atoms with Gasteiger partial charge < -0.3 is 14.8 Å². The molecule has 0 radical (unpaired) electrons. The lowest BCUT2D eigenvalue weighted by Gasteiger charge is -2.33. The second-order valence-electron chi connectivity index (χ2n) is 4.69. The van der Waals surface area contributed by atoms with Gasteiger partial charge in [-0.1, -0.05) is 15.9 Å². The van der Waals surface area contributed by atoms with Crippen molar-refractivity contribution in [3.05, 3.63) is 22.2 Å². The van der Waals surface area contributed by atoms with Crippen LogP contribution in [0.1, 0.15) is 18.5 Å². The number of fused-ring (bicyclic) bond motifs is 1. The maximum Gasteiger partial charge on any atom is 0.231 e. The molecule has 1 N–H and O–H groups in total. The molecule has 2 aliphatic heterocycles. The Balaban J connectivity index is 1.86. The lowest BCUT2D eigenvalue weighted by molar-refractivity contribution is 0.173. The van der Waals surface area contributed by atoms with Crippen molar-refractivity contribution in [2.45, 2.75) is 13.0 Å². The summed E-state index contributed by atoms with van der Waals surface area (Å²) in [7, 11) is 0. The third-order valence-electron chi connectivity index (χ3n) is 3.64. The normalized spacial score (nSPS) is 21.0. The van der Waals surface area contributed by atoms with Gasteiger partial charge in [-0.25, -0.2) is 0 Å². The molecule has 0 saturated carbocycles. The van der Waals surface area contributed by atoms with Crippen molar-refractivity contribution >= 4 is 15.9 Å². The largest absolute Gasteiger partial charge is 0.454 e. The lowest BCUT2D eigenvalue weighted by Crippen LogP contribution is -2.44. The van der Waals surface area contributed by atoms with Crippen LogP contribution in [0.5, 0.6) is 11.5 Å². The van der Waals surface area contributed by atoms with Crippen LogP contribution in [0.4, 0.5) is 0 Å². The molecule has 0 spiro atoms. The first kappa shape index (κ1) is 12.3. The molecule has 1 atom stereocenters. The fourth-order valence-corrected chi connectivity index (χ4v) is 3.17. The van der Waals surface area contributed by atoms with Gasteiger partial charge in [-0.15, -0.1) is 0 Å². The van der Waals surface area contributed by atoms with Gasteiger partial charge in [-0.05, 0) is 24.6 Å². The van der Waals surface area contributed by atoms with Crippen molar-refractivity contribution in [1.29, 1.82) is 0 Å². The lowest BCUT2D eigenvalue weighted by atomic mass is 10.1. The molecule has 0 aromatic heterocycles. The molecule has 1 saturated heterocycles. The molecule has 4 nitrogen and oxygen atoms in total. The summed E-state index contributed by atoms with van der Waals surface area (Å²) in [4.78, 5) is 2.48. The first-order valence-corrected chi connectivity index (χ1v) is 7.09. The number of piperazine rings is 1. The summed E-state index contributed by atoms with van der Waals surface area (Å²) < 4.78 is 11.9. The summed E-state index contributed by atoms with van der Waals surface area (Å²) >= 11 is 3.64. The molecule has 5 heteroatoms. The maximum atomic E-state index is 5.46. The molecule has 1 aromatic carbocycles. The van der Waals surface area contributed by atoms with E-state index >= 15 is 0 Å². The van der Waals surface area contributed by atoms with E-state index in [4.69, 9.17) is 9.47 Å². The standard InChI is InChI=1S/C13H17BrN2O2/c1-9(16-4-2-15-3-5-16)10-6-12-13(7-11(10)14)18-8-17-12/h6-7,9,15H,2-5,8H2,1H3/t9-/m1/s1. The molecule has 2 aliphatic rings. The fraction of sp³-hybridized carbons (Fsp3) is 0.538. The quantitative estimate of drug-likeness (QED) is 0.907. The van der Waals surface area contributed by atoms with Crippen molar-refractivity contribution in [2.75, 3.05) is 33.0 Å². The molecule has 2 heterocycles. The summed E-state index contributed by atoms with van der Waals surface area (Å²) in [6.07, 6.45) is 0. The van der Waals surface area contributed by atoms with E-state index in [1.54, 1.807) is 0 Å². The Morgan fingerprint density at radius 3 is 2.61 bits per heavy atom. The highest BCUT2D eigenvalue weighted by molar-refractivity contribution is 9.10. The number of nitrogens with zero attached hydrogens (tertiary/aromatic N) is 1. The SMILES string of the molecule is C[C@H](c1cc2c(cc1Br)OCO2)N1CCNCC1. The Morgan fingerprint density at radius 1 is 1.22 bits per heavy atom. The Hall–Kier alpha value is -0.780. The molecule has 18 heavy (non-hydrogen) atoms. The second-order valence-corrected chi connectivity index (χ2v) is 5.54. The van der Waals surface area contributed by atoms with Crippen LogP contribution in [-0.4, -0.2) is 37.9 Å². The highest BCUT2D eigenvalue weighted by Gasteiger charge is 2.23. The van der Waals surface area contributed by atoms with Crippen LogP contribution < -0.4 is 14.8 Å². The molecular weight excluding hydrogens is 296 g/mol. The summed E-state index contributed by atoms with van der Waals surface area (Å²) in [5.41, 5.74) is 1.26. The van der Waals surface area contributed by atoms with E-state index in [1.807, 2.05) is 6.07 Å². The number of benzene rings is 1. The smallest absolute Gasteiger partial charge is 0.231 e. The van der Waals surface area contributed by atoms with Gasteiger partial charge in [0.1, 0.15) is 0 Å². The number of ether oxygens (including phenoxy) is 2. The fourth-order valence-electron chi connectivity index (χ4n) is 2.52. The van der Waals surface area contributed by atoms with Gasteiger partial charge in [0.25, 0.3) is 0 Å². The Kier molecular flexibility index (Phi) is 3.46. The average molecular weight is 313 g/mol. The highest BCUT2D eigenvalue weighted by Crippen LogP contribution is 2.40. The van der Waals surface area contributed by atoms with E-state index in [2.05, 4.69) is 39.1 Å². The number of halogens is 1. The van der Waals surface area contributed by atoms with Gasteiger partial charge in [0.05, 0.1) is 0 Å². The van der Waals surface area contributed by atoms with Crippen LogP contribution >= 0.6 is 15.9 Å². The number of hydrogen-bond acceptors (Lipinski definition) is 4. The van der Waals surface area contributed by atoms with Crippen LogP contribution in [0.2, 0.25) is 0 Å². The predicted molar refractivity (Wildman–Crippen MR) is 73.1 cm³/mol. The Morgan fingerprint density at radius 2 is 1.89 bits per heavy atom. The van der Waals surface area contributed by atoms with E-state index in [-0.39, 0.29) is 0 Å². The van der Waals surface area contributed by atoms with Crippen molar-refractivity contribution in [3.8, 4) is 11.5 Å². The molecule has 0 unspecified atom stereocenters. The predicted octanol–water partition coefficient (Wildman–Crippen LogP) is 2.14. The van der Waals surface area contributed by atoms with Crippen LogP contribution in [0, 0.1) is 0 Å². The zero-order chi connectivity index (χ0) is 12.5. The van der Waals surface area contributed by atoms with Crippen molar-refractivity contribution in [2.24, 2.45) is 0 Å². The third kappa shape index (κ3) is 2.22. The van der Waals surface area contributed by atoms with Crippen LogP contribution in [0.15, 0.2) is 16.6 Å². The van der Waals surface area contributed by atoms with Crippen LogP contribution in [-0.2, 0) is 0 Å². The van der Waals surface area contributed by atoms with Crippen molar-refractivity contribution < 1.29 is 9.47 Å². The molecular formula is C13H17BrN2O2. The Labute approximate surface area is 115 Å². The maximum absolute atomic E-state index is 5.46. The molecule has 98 valence electrons. The molecule has 0 aliphatic carbocycles. The third-order valence-corrected chi connectivity index (χ3v) is 4.33. The van der Waals surface area contributed by atoms with E-state index < -0.39 is 0 Å². The summed E-state index contributed by atoms with van der Waals surface area (Å²) in [6, 6.07) is 4.49. The molecule has 1 fully saturated rings. The molecule has 0 bridgehead atoms. The number of nitrogens with one attached hydrogen (secondary N) is 1. The first-order valence-electron chi connectivity index (χ1n) is 6.29. The zero-order valence-electron chi connectivity index (χ0n) is 10.4. The van der Waals surface area contributed by atoms with E-state index in [0.717, 1.165) is 42.2 Å². The second kappa shape index (κ2) is 5.07. The minimum atomic E-state index is 0.327. The van der Waals surface area contributed by atoms with Gasteiger partial charge in [0.2, 0.25) is 6.79 Å². The van der Waals surface area contributed by atoms with Crippen LogP contribution in [0.25, 0.3) is 0 Å². The molecule has 0 amide bonds. The zero-order valence-corrected chi connectivity index (χ0v) is 12.0. The Bertz CT molecular complexity index is 447. The van der Waals surface area contributed by atoms with E-state index in [9.17, 15) is 0 Å². The topological polar surface area (TPSA) is 33.7 Å². The average Bonchev–Trinajstić information content (AvgIpc) is 2.85. The summed E-state index contributed by atoms with van der Waals surface area (Å²) in [5, 5.41) is 3.38. The molecule has 3 rings (SSSR count). The number of rotatable bonds is 2.